The first-order valence-electron chi connectivity index (χ1n) is 9.62. The molecule has 0 radical (unpaired) electrons. The van der Waals surface area contributed by atoms with Gasteiger partial charge >= 0.3 is 51.4 Å². The summed E-state index contributed by atoms with van der Waals surface area (Å²) in [7, 11) is 1.57. The Hall–Kier alpha value is -1.89. The molecule has 1 aromatic carbocycles. The van der Waals surface area contributed by atoms with Gasteiger partial charge in [0.2, 0.25) is 0 Å². The average molecular weight is 429 g/mol. The molecule has 0 spiro atoms. The zero-order chi connectivity index (χ0) is 21.1. The van der Waals surface area contributed by atoms with Crippen LogP contribution >= 0.6 is 0 Å². The third-order valence-electron chi connectivity index (χ3n) is 5.12. The maximum Gasteiger partial charge on any atom is 1.00 e. The largest absolute Gasteiger partial charge is 1.00 e. The van der Waals surface area contributed by atoms with E-state index in [0.717, 1.165) is 35.6 Å². The molecular formula is C22H25KN6O. The van der Waals surface area contributed by atoms with E-state index in [1.165, 1.54) is 11.9 Å². The molecule has 0 aliphatic heterocycles. The number of rotatable bonds is 4. The minimum absolute atomic E-state index is 0. The fourth-order valence-corrected chi connectivity index (χ4v) is 3.56. The van der Waals surface area contributed by atoms with Crippen molar-refractivity contribution in [2.45, 2.75) is 39.2 Å². The Kier molecular flexibility index (Phi) is 8.47. The first-order chi connectivity index (χ1) is 13.9. The molecule has 0 bridgehead atoms. The van der Waals surface area contributed by atoms with Gasteiger partial charge in [0, 0.05) is 17.3 Å². The Morgan fingerprint density at radius 1 is 1.43 bits per heavy atom. The number of pyridine rings is 1. The minimum Gasteiger partial charge on any atom is -0.468 e. The molecule has 1 fully saturated rings. The van der Waals surface area contributed by atoms with Crippen molar-refractivity contribution < 1.29 is 51.4 Å². The summed E-state index contributed by atoms with van der Waals surface area (Å²) in [6.07, 6.45) is 4.73. The molecule has 0 saturated heterocycles. The predicted octanol–water partition coefficient (Wildman–Crippen LogP) is 1.02. The van der Waals surface area contributed by atoms with Crippen LogP contribution < -0.4 is 62.7 Å². The number of aromatic nitrogens is 2. The van der Waals surface area contributed by atoms with Gasteiger partial charge < -0.3 is 20.6 Å². The second kappa shape index (κ2) is 10.4. The molecule has 1 aliphatic rings. The van der Waals surface area contributed by atoms with E-state index < -0.39 is 0 Å². The van der Waals surface area contributed by atoms with Gasteiger partial charge in [-0.2, -0.15) is 5.26 Å². The predicted molar refractivity (Wildman–Crippen MR) is 116 cm³/mol. The number of hydrogen-bond acceptors (Lipinski definition) is 3. The summed E-state index contributed by atoms with van der Waals surface area (Å²) in [6.45, 7) is 4.14. The zero-order valence-electron chi connectivity index (χ0n) is 17.9. The van der Waals surface area contributed by atoms with E-state index in [0.29, 0.717) is 23.0 Å². The van der Waals surface area contributed by atoms with Crippen LogP contribution in [-0.2, 0) is 6.42 Å². The van der Waals surface area contributed by atoms with E-state index >= 15 is 0 Å². The first kappa shape index (κ1) is 24.4. The minimum atomic E-state index is -0.145. The first-order valence-corrected chi connectivity index (χ1v) is 9.62. The number of H-pyrrole nitrogens is 1. The number of aryl methyl sites for hydroxylation is 2. The van der Waals surface area contributed by atoms with Gasteiger partial charge in [0.05, 0.1) is 17.0 Å². The summed E-state index contributed by atoms with van der Waals surface area (Å²) in [5.74, 6) is 0.326. The third-order valence-corrected chi connectivity index (χ3v) is 5.12. The van der Waals surface area contributed by atoms with Crippen LogP contribution in [0.25, 0.3) is 16.1 Å². The molecule has 3 aromatic rings. The van der Waals surface area contributed by atoms with E-state index in [2.05, 4.69) is 23.3 Å². The molecule has 0 unspecified atom stereocenters. The van der Waals surface area contributed by atoms with Crippen molar-refractivity contribution in [2.75, 3.05) is 7.05 Å². The topological polar surface area (TPSA) is 126 Å². The number of hydrogen-bond donors (Lipinski definition) is 3. The van der Waals surface area contributed by atoms with Crippen LogP contribution in [0.15, 0.2) is 35.3 Å². The number of nitrogens with two attached hydrogens (primary N) is 1. The van der Waals surface area contributed by atoms with Crippen molar-refractivity contribution in [1.82, 2.24) is 9.55 Å². The normalized spacial score (nSPS) is 12.3. The molecule has 0 atom stereocenters. The maximum absolute atomic E-state index is 12.6. The van der Waals surface area contributed by atoms with Crippen molar-refractivity contribution in [3.8, 4) is 6.07 Å². The Morgan fingerprint density at radius 2 is 2.13 bits per heavy atom. The Balaban J connectivity index is 0.000000220. The smallest absolute Gasteiger partial charge is 0.468 e. The van der Waals surface area contributed by atoms with Crippen molar-refractivity contribution >= 4 is 22.4 Å². The van der Waals surface area contributed by atoms with Crippen LogP contribution in [0.2, 0.25) is 0 Å². The molecule has 4 rings (SSSR count). The molecule has 30 heavy (non-hydrogen) atoms. The maximum atomic E-state index is 12.6. The van der Waals surface area contributed by atoms with Crippen molar-refractivity contribution in [1.29, 1.82) is 10.7 Å². The second-order valence-corrected chi connectivity index (χ2v) is 7.11. The quantitative estimate of drug-likeness (QED) is 0.326. The molecule has 0 amide bonds. The van der Waals surface area contributed by atoms with Crippen LogP contribution in [0.4, 0.5) is 5.82 Å². The van der Waals surface area contributed by atoms with Crippen LogP contribution in [0.3, 0.4) is 0 Å². The molecule has 2 heterocycles. The van der Waals surface area contributed by atoms with Gasteiger partial charge in [-0.1, -0.05) is 44.2 Å². The van der Waals surface area contributed by atoms with Gasteiger partial charge in [0.15, 0.2) is 0 Å². The fourth-order valence-electron chi connectivity index (χ4n) is 3.56. The van der Waals surface area contributed by atoms with Crippen LogP contribution in [0.1, 0.15) is 48.2 Å². The summed E-state index contributed by atoms with van der Waals surface area (Å²) in [5.41, 5.74) is 8.46. The second-order valence-electron chi connectivity index (χ2n) is 7.11. The van der Waals surface area contributed by atoms with Gasteiger partial charge in [-0.05, 0) is 43.2 Å². The van der Waals surface area contributed by atoms with Crippen molar-refractivity contribution in [2.24, 2.45) is 5.73 Å². The molecular weight excluding hydrogens is 403 g/mol. The number of nitriles is 1. The van der Waals surface area contributed by atoms with Gasteiger partial charge in [-0.3, -0.25) is 10.2 Å². The fraction of sp³-hybridized carbons (Fsp3) is 0.318. The van der Waals surface area contributed by atoms with Gasteiger partial charge in [0.1, 0.15) is 5.84 Å². The number of nitrogens with zero attached hydrogens (tertiary/aromatic N) is 3. The van der Waals surface area contributed by atoms with Crippen LogP contribution in [0, 0.1) is 23.7 Å². The number of amidine groups is 1. The summed E-state index contributed by atoms with van der Waals surface area (Å²) < 4.78 is 2.02. The zero-order valence-corrected chi connectivity index (χ0v) is 21.0. The summed E-state index contributed by atoms with van der Waals surface area (Å²) in [5, 5.41) is 21.6. The Labute approximate surface area is 218 Å². The van der Waals surface area contributed by atoms with E-state index in [-0.39, 0.29) is 62.8 Å². The van der Waals surface area contributed by atoms with E-state index in [1.807, 2.05) is 35.8 Å². The Bertz CT molecular complexity index is 1170. The summed E-state index contributed by atoms with van der Waals surface area (Å²) >= 11 is 0. The molecule has 8 heteroatoms. The monoisotopic (exact) mass is 428 g/mol. The summed E-state index contributed by atoms with van der Waals surface area (Å²) in [4.78, 5) is 15.3. The number of fused-ring (bicyclic) bond motifs is 1. The summed E-state index contributed by atoms with van der Waals surface area (Å²) in [6, 6.07) is 10.6. The molecule has 2 aromatic heterocycles. The van der Waals surface area contributed by atoms with E-state index in [1.54, 1.807) is 7.05 Å². The van der Waals surface area contributed by atoms with E-state index in [4.69, 9.17) is 16.4 Å². The molecule has 150 valence electrons. The number of nitrogens with one attached hydrogen (secondary N) is 2. The van der Waals surface area contributed by atoms with Gasteiger partial charge in [0.25, 0.3) is 5.56 Å². The van der Waals surface area contributed by atoms with Crippen molar-refractivity contribution in [3.05, 3.63) is 68.5 Å². The van der Waals surface area contributed by atoms with Crippen LogP contribution in [0.5, 0.6) is 0 Å². The van der Waals surface area contributed by atoms with Gasteiger partial charge in [-0.15, -0.1) is 0 Å². The third kappa shape index (κ3) is 4.87. The standard InChI is InChI=1S/C15H17NO.C7H8N5.K/c1-3-12-9-11-6-4-5-10(2)14(11)15(17)16(12)13-7-8-13;1-11-7-5(6(9)10)4(2-8)3-12-7;/h4-6,9,13H,3,7-8H2,1-2H3;3,12H,1H3,(H3,9,10);/q;-1;+1. The molecule has 1 saturated carbocycles. The number of aromatic amines is 1. The molecule has 7 nitrogen and oxygen atoms in total. The number of benzene rings is 1. The van der Waals surface area contributed by atoms with Crippen LogP contribution in [-0.4, -0.2) is 22.4 Å². The Morgan fingerprint density at radius 3 is 2.67 bits per heavy atom. The van der Waals surface area contributed by atoms with Gasteiger partial charge in [-0.25, -0.2) is 0 Å². The SMILES string of the molecule is CCc1cc2cccc(C)c2c(=O)n1C1CC1.C[N-]c1[nH]cc(C#N)c1C(=N)N.[K+]. The van der Waals surface area contributed by atoms with E-state index in [9.17, 15) is 4.79 Å². The molecule has 4 N–H and O–H groups in total. The van der Waals surface area contributed by atoms with Crippen molar-refractivity contribution in [3.63, 3.8) is 0 Å². The average Bonchev–Trinajstić information content (AvgIpc) is 3.44. The number of nitrogen functional groups attached to an aromatic ring is 1. The molecule has 1 aliphatic carbocycles.